The first kappa shape index (κ1) is 9.77. The quantitative estimate of drug-likeness (QED) is 0.640. The highest BCUT2D eigenvalue weighted by molar-refractivity contribution is 5.80. The van der Waals surface area contributed by atoms with E-state index in [9.17, 15) is 0 Å². The number of hydrogen-bond donors (Lipinski definition) is 1. The Labute approximate surface area is 97.9 Å². The summed E-state index contributed by atoms with van der Waals surface area (Å²) in [6.07, 6.45) is 1.73. The summed E-state index contributed by atoms with van der Waals surface area (Å²) in [7, 11) is 0. The second-order valence-electron chi connectivity index (χ2n) is 3.90. The zero-order valence-corrected chi connectivity index (χ0v) is 9.33. The van der Waals surface area contributed by atoms with Gasteiger partial charge in [0.25, 0.3) is 0 Å². The van der Waals surface area contributed by atoms with Gasteiger partial charge in [0.15, 0.2) is 5.82 Å². The Kier molecular flexibility index (Phi) is 2.04. The lowest BCUT2D eigenvalue weighted by molar-refractivity contribution is 0.904. The number of hydrogen-bond acceptors (Lipinski definition) is 4. The van der Waals surface area contributed by atoms with Crippen molar-refractivity contribution in [2.24, 2.45) is 0 Å². The Balaban J connectivity index is 2.21. The van der Waals surface area contributed by atoms with Crippen LogP contribution in [-0.2, 0) is 0 Å². The first-order chi connectivity index (χ1) is 8.24. The van der Waals surface area contributed by atoms with Gasteiger partial charge in [0.1, 0.15) is 6.33 Å². The van der Waals surface area contributed by atoms with E-state index in [0.717, 1.165) is 22.5 Å². The molecule has 2 heterocycles. The monoisotopic (exact) mass is 225 g/mol. The smallest absolute Gasteiger partial charge is 0.161 e. The summed E-state index contributed by atoms with van der Waals surface area (Å²) in [4.78, 5) is 4.29. The van der Waals surface area contributed by atoms with Crippen molar-refractivity contribution < 1.29 is 0 Å². The van der Waals surface area contributed by atoms with E-state index in [4.69, 9.17) is 5.73 Å². The summed E-state index contributed by atoms with van der Waals surface area (Å²) in [5.41, 5.74) is 9.14. The van der Waals surface area contributed by atoms with Gasteiger partial charge in [-0.3, -0.25) is 4.57 Å². The maximum Gasteiger partial charge on any atom is 0.161 e. The van der Waals surface area contributed by atoms with E-state index in [0.29, 0.717) is 5.69 Å². The number of nitrogens with two attached hydrogens (primary N) is 1. The summed E-state index contributed by atoms with van der Waals surface area (Å²) in [6.45, 7) is 1.91. The maximum absolute atomic E-state index is 5.71. The van der Waals surface area contributed by atoms with E-state index < -0.39 is 0 Å². The van der Waals surface area contributed by atoms with Crippen LogP contribution in [0.4, 0.5) is 5.69 Å². The van der Waals surface area contributed by atoms with E-state index in [-0.39, 0.29) is 0 Å². The Morgan fingerprint density at radius 2 is 2.00 bits per heavy atom. The van der Waals surface area contributed by atoms with Crippen LogP contribution in [0.25, 0.3) is 16.9 Å². The number of nitrogens with zero attached hydrogens (tertiary/aromatic N) is 4. The third-order valence-electron chi connectivity index (χ3n) is 2.60. The van der Waals surface area contributed by atoms with Crippen LogP contribution in [0.1, 0.15) is 5.69 Å². The molecule has 0 bridgehead atoms. The SMILES string of the molecule is Cc1ccc(-n2cnc3cc(N)ccc32)nn1. The summed E-state index contributed by atoms with van der Waals surface area (Å²) in [6, 6.07) is 9.46. The predicted molar refractivity (Wildman–Crippen MR) is 65.8 cm³/mol. The van der Waals surface area contributed by atoms with Crippen molar-refractivity contribution in [1.29, 1.82) is 0 Å². The van der Waals surface area contributed by atoms with Crippen LogP contribution < -0.4 is 5.73 Å². The molecule has 0 saturated carbocycles. The topological polar surface area (TPSA) is 69.6 Å². The van der Waals surface area contributed by atoms with Gasteiger partial charge in [0, 0.05) is 5.69 Å². The lowest BCUT2D eigenvalue weighted by Gasteiger charge is -2.02. The van der Waals surface area contributed by atoms with Crippen LogP contribution in [-0.4, -0.2) is 19.7 Å². The van der Waals surface area contributed by atoms with E-state index in [1.165, 1.54) is 0 Å². The van der Waals surface area contributed by atoms with Crippen LogP contribution in [0.2, 0.25) is 0 Å². The third-order valence-corrected chi connectivity index (χ3v) is 2.60. The lowest BCUT2D eigenvalue weighted by atomic mass is 10.3. The van der Waals surface area contributed by atoms with Gasteiger partial charge < -0.3 is 5.73 Å². The molecule has 0 amide bonds. The standard InChI is InChI=1S/C12H11N5/c1-8-2-5-12(16-15-8)17-7-14-10-6-9(13)3-4-11(10)17/h2-7H,13H2,1H3. The summed E-state index contributed by atoms with van der Waals surface area (Å²) >= 11 is 0. The normalized spacial score (nSPS) is 10.9. The van der Waals surface area contributed by atoms with Crippen molar-refractivity contribution in [3.63, 3.8) is 0 Å². The number of anilines is 1. The highest BCUT2D eigenvalue weighted by Crippen LogP contribution is 2.18. The lowest BCUT2D eigenvalue weighted by Crippen LogP contribution is -1.98. The first-order valence-corrected chi connectivity index (χ1v) is 5.27. The molecule has 5 heteroatoms. The predicted octanol–water partition coefficient (Wildman–Crippen LogP) is 1.71. The molecule has 84 valence electrons. The molecule has 5 nitrogen and oxygen atoms in total. The molecule has 3 aromatic rings. The minimum atomic E-state index is 0.706. The fraction of sp³-hybridized carbons (Fsp3) is 0.0833. The second-order valence-corrected chi connectivity index (χ2v) is 3.90. The number of benzene rings is 1. The number of rotatable bonds is 1. The minimum Gasteiger partial charge on any atom is -0.399 e. The number of imidazole rings is 1. The molecule has 0 radical (unpaired) electrons. The number of fused-ring (bicyclic) bond motifs is 1. The van der Waals surface area contributed by atoms with Crippen molar-refractivity contribution in [3.05, 3.63) is 42.4 Å². The van der Waals surface area contributed by atoms with E-state index >= 15 is 0 Å². The van der Waals surface area contributed by atoms with Gasteiger partial charge in [-0.2, -0.15) is 5.10 Å². The van der Waals surface area contributed by atoms with Crippen LogP contribution in [0, 0.1) is 6.92 Å². The van der Waals surface area contributed by atoms with Gasteiger partial charge in [0.05, 0.1) is 16.7 Å². The summed E-state index contributed by atoms with van der Waals surface area (Å²) < 4.78 is 1.89. The van der Waals surface area contributed by atoms with Crippen molar-refractivity contribution in [2.45, 2.75) is 6.92 Å². The van der Waals surface area contributed by atoms with E-state index in [1.54, 1.807) is 6.33 Å². The second kappa shape index (κ2) is 3.55. The largest absolute Gasteiger partial charge is 0.399 e. The molecule has 2 aromatic heterocycles. The van der Waals surface area contributed by atoms with Crippen molar-refractivity contribution >= 4 is 16.7 Å². The van der Waals surface area contributed by atoms with Crippen LogP contribution in [0.5, 0.6) is 0 Å². The van der Waals surface area contributed by atoms with E-state index in [2.05, 4.69) is 15.2 Å². The molecule has 0 unspecified atom stereocenters. The highest BCUT2D eigenvalue weighted by atomic mass is 15.2. The van der Waals surface area contributed by atoms with Gasteiger partial charge >= 0.3 is 0 Å². The average molecular weight is 225 g/mol. The van der Waals surface area contributed by atoms with Gasteiger partial charge in [-0.1, -0.05) is 0 Å². The van der Waals surface area contributed by atoms with Gasteiger partial charge in [-0.25, -0.2) is 4.98 Å². The Morgan fingerprint density at radius 1 is 1.12 bits per heavy atom. The molecule has 0 aliphatic heterocycles. The maximum atomic E-state index is 5.71. The zero-order valence-electron chi connectivity index (χ0n) is 9.33. The van der Waals surface area contributed by atoms with Crippen molar-refractivity contribution in [2.75, 3.05) is 5.73 Å². The molecule has 0 saturated heterocycles. The summed E-state index contributed by atoms with van der Waals surface area (Å²) in [5, 5.41) is 8.17. The van der Waals surface area contributed by atoms with Crippen LogP contribution in [0.15, 0.2) is 36.7 Å². The van der Waals surface area contributed by atoms with Crippen molar-refractivity contribution in [1.82, 2.24) is 19.7 Å². The van der Waals surface area contributed by atoms with E-state index in [1.807, 2.05) is 41.8 Å². The van der Waals surface area contributed by atoms with Crippen molar-refractivity contribution in [3.8, 4) is 5.82 Å². The Morgan fingerprint density at radius 3 is 2.76 bits per heavy atom. The highest BCUT2D eigenvalue weighted by Gasteiger charge is 2.05. The van der Waals surface area contributed by atoms with Gasteiger partial charge in [-0.05, 0) is 37.3 Å². The molecule has 2 N–H and O–H groups in total. The molecule has 3 rings (SSSR count). The van der Waals surface area contributed by atoms with Crippen LogP contribution >= 0.6 is 0 Å². The fourth-order valence-corrected chi connectivity index (χ4v) is 1.73. The molecular weight excluding hydrogens is 214 g/mol. The fourth-order valence-electron chi connectivity index (χ4n) is 1.73. The summed E-state index contributed by atoms with van der Waals surface area (Å²) in [5.74, 6) is 0.753. The molecule has 17 heavy (non-hydrogen) atoms. The van der Waals surface area contributed by atoms with Gasteiger partial charge in [0.2, 0.25) is 0 Å². The molecule has 0 atom stereocenters. The number of aryl methyl sites for hydroxylation is 1. The average Bonchev–Trinajstić information content (AvgIpc) is 2.73. The Hall–Kier alpha value is -2.43. The molecule has 1 aromatic carbocycles. The minimum absolute atomic E-state index is 0.706. The van der Waals surface area contributed by atoms with Gasteiger partial charge in [-0.15, -0.1) is 5.10 Å². The number of nitrogen functional groups attached to an aromatic ring is 1. The molecule has 0 aliphatic carbocycles. The zero-order chi connectivity index (χ0) is 11.8. The molecule has 0 spiro atoms. The third kappa shape index (κ3) is 1.61. The molecule has 0 fully saturated rings. The van der Waals surface area contributed by atoms with Crippen LogP contribution in [0.3, 0.4) is 0 Å². The number of aromatic nitrogens is 4. The first-order valence-electron chi connectivity index (χ1n) is 5.27. The molecular formula is C12H11N5. The Bertz CT molecular complexity index is 669. The molecule has 0 aliphatic rings.